The molecule has 38 heavy (non-hydrogen) atoms. The zero-order valence-electron chi connectivity index (χ0n) is 22.9. The van der Waals surface area contributed by atoms with Crippen LogP contribution in [0.4, 0.5) is 15.0 Å². The van der Waals surface area contributed by atoms with E-state index in [2.05, 4.69) is 29.4 Å². The Morgan fingerprint density at radius 2 is 1.61 bits per heavy atom. The Bertz CT molecular complexity index is 909. The highest BCUT2D eigenvalue weighted by molar-refractivity contribution is 5.83. The maximum Gasteiger partial charge on any atom is 0.412 e. The second kappa shape index (κ2) is 18.1. The first-order valence-corrected chi connectivity index (χ1v) is 14.2. The van der Waals surface area contributed by atoms with Crippen LogP contribution >= 0.6 is 0 Å². The van der Waals surface area contributed by atoms with E-state index >= 15 is 0 Å². The van der Waals surface area contributed by atoms with Gasteiger partial charge in [-0.3, -0.25) is 9.88 Å². The van der Waals surface area contributed by atoms with E-state index in [-0.39, 0.29) is 6.61 Å². The number of nitrogens with zero attached hydrogens (tertiary/aromatic N) is 2. The molecule has 3 N–H and O–H groups in total. The van der Waals surface area contributed by atoms with Gasteiger partial charge in [0.2, 0.25) is 0 Å². The number of ether oxygens (including phenoxy) is 2. The first-order valence-electron chi connectivity index (χ1n) is 14.2. The van der Waals surface area contributed by atoms with Crippen molar-refractivity contribution in [3.8, 4) is 0 Å². The van der Waals surface area contributed by atoms with E-state index in [1.165, 1.54) is 64.7 Å². The molecule has 1 fully saturated rings. The lowest BCUT2D eigenvalue weighted by Gasteiger charge is -2.17. The van der Waals surface area contributed by atoms with Gasteiger partial charge in [0, 0.05) is 0 Å². The molecule has 1 saturated heterocycles. The van der Waals surface area contributed by atoms with E-state index in [9.17, 15) is 24.2 Å². The first kappa shape index (κ1) is 31.9. The molecule has 0 saturated carbocycles. The lowest BCUT2D eigenvalue weighted by atomic mass is 10.1. The van der Waals surface area contributed by atoms with Crippen molar-refractivity contribution >= 4 is 11.9 Å². The SMILES string of the molecule is CCCCCCCC/C=C\CCCCCCCCOC(=O)Nc1nc(=O)n([C@@H]2O[C@H](C)[C@@H](O)[C@H]2O)cc1F. The Balaban J connectivity index is 1.52. The molecule has 1 aromatic rings. The highest BCUT2D eigenvalue weighted by Gasteiger charge is 2.42. The number of nitrogens with one attached hydrogen (secondary N) is 1. The van der Waals surface area contributed by atoms with Gasteiger partial charge < -0.3 is 19.7 Å². The highest BCUT2D eigenvalue weighted by Crippen LogP contribution is 2.28. The van der Waals surface area contributed by atoms with Crippen LogP contribution in [-0.2, 0) is 9.47 Å². The first-order chi connectivity index (χ1) is 18.3. The summed E-state index contributed by atoms with van der Waals surface area (Å²) in [6.45, 7) is 3.95. The van der Waals surface area contributed by atoms with Crippen LogP contribution in [0.5, 0.6) is 0 Å². The van der Waals surface area contributed by atoms with Gasteiger partial charge in [0.1, 0.15) is 12.2 Å². The molecule has 1 amide bonds. The average Bonchev–Trinajstić information content (AvgIpc) is 3.14. The number of unbranched alkanes of at least 4 members (excludes halogenated alkanes) is 12. The number of allylic oxidation sites excluding steroid dienone is 2. The van der Waals surface area contributed by atoms with Crippen molar-refractivity contribution in [1.29, 1.82) is 0 Å². The molecular weight excluding hydrogens is 493 g/mol. The third-order valence-electron chi connectivity index (χ3n) is 6.77. The summed E-state index contributed by atoms with van der Waals surface area (Å²) in [7, 11) is 0. The van der Waals surface area contributed by atoms with E-state index in [1.54, 1.807) is 0 Å². The molecule has 1 aromatic heterocycles. The average molecular weight is 540 g/mol. The molecule has 2 rings (SSSR count). The summed E-state index contributed by atoms with van der Waals surface area (Å²) in [4.78, 5) is 27.7. The van der Waals surface area contributed by atoms with Crippen LogP contribution in [0.3, 0.4) is 0 Å². The normalized spacial score (nSPS) is 21.3. The maximum absolute atomic E-state index is 14.4. The van der Waals surface area contributed by atoms with Gasteiger partial charge in [0.15, 0.2) is 17.9 Å². The smallest absolute Gasteiger partial charge is 0.412 e. The van der Waals surface area contributed by atoms with Crippen molar-refractivity contribution in [2.45, 2.75) is 128 Å². The molecule has 1 aliphatic heterocycles. The number of halogens is 1. The zero-order chi connectivity index (χ0) is 27.8. The van der Waals surface area contributed by atoms with Crippen LogP contribution in [0.2, 0.25) is 0 Å². The fraction of sp³-hybridized carbons (Fsp3) is 0.750. The molecule has 4 atom stereocenters. The number of anilines is 1. The quantitative estimate of drug-likeness (QED) is 0.164. The number of aliphatic hydroxyl groups excluding tert-OH is 2. The van der Waals surface area contributed by atoms with Crippen LogP contribution in [0, 0.1) is 5.82 Å². The van der Waals surface area contributed by atoms with Crippen LogP contribution in [0.1, 0.15) is 110 Å². The largest absolute Gasteiger partial charge is 0.449 e. The summed E-state index contributed by atoms with van der Waals surface area (Å²) in [5, 5.41) is 21.9. The molecule has 0 unspecified atom stereocenters. The van der Waals surface area contributed by atoms with E-state index < -0.39 is 48.0 Å². The van der Waals surface area contributed by atoms with Gasteiger partial charge in [-0.15, -0.1) is 0 Å². The summed E-state index contributed by atoms with van der Waals surface area (Å²) in [6.07, 6.45) is 16.4. The molecule has 0 radical (unpaired) electrons. The Kier molecular flexibility index (Phi) is 15.2. The number of hydrogen-bond donors (Lipinski definition) is 3. The molecule has 216 valence electrons. The van der Waals surface area contributed by atoms with E-state index in [4.69, 9.17) is 9.47 Å². The van der Waals surface area contributed by atoms with Crippen molar-refractivity contribution in [1.82, 2.24) is 9.55 Å². The van der Waals surface area contributed by atoms with Gasteiger partial charge >= 0.3 is 11.8 Å². The lowest BCUT2D eigenvalue weighted by molar-refractivity contribution is -0.0355. The van der Waals surface area contributed by atoms with Crippen molar-refractivity contribution in [3.05, 3.63) is 34.7 Å². The summed E-state index contributed by atoms with van der Waals surface area (Å²) in [5.41, 5.74) is -0.944. The minimum absolute atomic E-state index is 0.184. The van der Waals surface area contributed by atoms with Gasteiger partial charge in [-0.1, -0.05) is 76.9 Å². The minimum atomic E-state index is -1.41. The Hall–Kier alpha value is -2.30. The van der Waals surface area contributed by atoms with Crippen molar-refractivity contribution in [2.24, 2.45) is 0 Å². The topological polar surface area (TPSA) is 123 Å². The zero-order valence-corrected chi connectivity index (χ0v) is 22.9. The molecule has 0 spiro atoms. The van der Waals surface area contributed by atoms with Gasteiger partial charge in [0.25, 0.3) is 0 Å². The van der Waals surface area contributed by atoms with E-state index in [1.807, 2.05) is 0 Å². The number of rotatable bonds is 18. The minimum Gasteiger partial charge on any atom is -0.449 e. The summed E-state index contributed by atoms with van der Waals surface area (Å²) in [5.74, 6) is -1.57. The predicted molar refractivity (Wildman–Crippen MR) is 144 cm³/mol. The number of hydrogen-bond acceptors (Lipinski definition) is 7. The fourth-order valence-electron chi connectivity index (χ4n) is 4.42. The predicted octanol–water partition coefficient (Wildman–Crippen LogP) is 5.61. The van der Waals surface area contributed by atoms with Crippen LogP contribution in [0.15, 0.2) is 23.1 Å². The lowest BCUT2D eigenvalue weighted by Crippen LogP contribution is -2.36. The summed E-state index contributed by atoms with van der Waals surface area (Å²) >= 11 is 0. The highest BCUT2D eigenvalue weighted by atomic mass is 19.1. The molecule has 0 bridgehead atoms. The third kappa shape index (κ3) is 11.2. The molecule has 2 heterocycles. The van der Waals surface area contributed by atoms with E-state index in [0.717, 1.165) is 36.4 Å². The second-order valence-electron chi connectivity index (χ2n) is 10.0. The molecular formula is C28H46FN3O6. The third-order valence-corrected chi connectivity index (χ3v) is 6.77. The van der Waals surface area contributed by atoms with Gasteiger partial charge in [-0.25, -0.2) is 14.0 Å². The molecule has 10 heteroatoms. The summed E-state index contributed by atoms with van der Waals surface area (Å²) in [6, 6.07) is 0. The Labute approximate surface area is 225 Å². The monoisotopic (exact) mass is 539 g/mol. The van der Waals surface area contributed by atoms with Crippen LogP contribution < -0.4 is 11.0 Å². The van der Waals surface area contributed by atoms with Crippen molar-refractivity contribution in [2.75, 3.05) is 11.9 Å². The molecule has 0 aromatic carbocycles. The Morgan fingerprint density at radius 3 is 2.18 bits per heavy atom. The molecule has 0 aliphatic carbocycles. The van der Waals surface area contributed by atoms with Crippen molar-refractivity contribution < 1.29 is 28.9 Å². The number of aliphatic hydroxyl groups is 2. The standard InChI is InChI=1S/C28H46FN3O6/c1-3-4-5-6-7-8-9-10-11-12-13-14-15-16-17-18-19-37-28(36)31-25-22(29)20-32(27(35)30-25)26-24(34)23(33)21(2)38-26/h10-11,20-21,23-24,26,33-34H,3-9,12-19H2,1-2H3,(H,30,31,35,36)/b11-10-/t21-,23-,24-,26-/m1/s1. The van der Waals surface area contributed by atoms with Gasteiger partial charge in [-0.05, 0) is 39.0 Å². The number of aromatic nitrogens is 2. The number of carbonyl (C=O) groups is 1. The maximum atomic E-state index is 14.4. The number of amides is 1. The fourth-order valence-corrected chi connectivity index (χ4v) is 4.42. The van der Waals surface area contributed by atoms with Gasteiger partial charge in [0.05, 0.1) is 18.9 Å². The van der Waals surface area contributed by atoms with E-state index in [0.29, 0.717) is 6.42 Å². The molecule has 1 aliphatic rings. The number of carbonyl (C=O) groups excluding carboxylic acids is 1. The van der Waals surface area contributed by atoms with Crippen LogP contribution in [-0.4, -0.2) is 50.8 Å². The Morgan fingerprint density at radius 1 is 1.03 bits per heavy atom. The van der Waals surface area contributed by atoms with Crippen molar-refractivity contribution in [3.63, 3.8) is 0 Å². The van der Waals surface area contributed by atoms with Gasteiger partial charge in [-0.2, -0.15) is 4.98 Å². The second-order valence-corrected chi connectivity index (χ2v) is 10.0. The molecule has 9 nitrogen and oxygen atoms in total. The van der Waals surface area contributed by atoms with Crippen LogP contribution in [0.25, 0.3) is 0 Å². The summed E-state index contributed by atoms with van der Waals surface area (Å²) < 4.78 is 25.5.